The first-order valence-corrected chi connectivity index (χ1v) is 7.40. The Labute approximate surface area is 111 Å². The number of hydrogen-bond donors (Lipinski definition) is 1. The lowest BCUT2D eigenvalue weighted by molar-refractivity contribution is 0.283. The van der Waals surface area contributed by atoms with Crippen molar-refractivity contribution in [3.63, 3.8) is 0 Å². The second kappa shape index (κ2) is 5.87. The van der Waals surface area contributed by atoms with E-state index in [1.807, 2.05) is 0 Å². The van der Waals surface area contributed by atoms with Crippen molar-refractivity contribution in [2.24, 2.45) is 7.05 Å². The zero-order valence-corrected chi connectivity index (χ0v) is 12.1. The summed E-state index contributed by atoms with van der Waals surface area (Å²) >= 11 is 0. The predicted molar refractivity (Wildman–Crippen MR) is 75.8 cm³/mol. The molecule has 0 amide bonds. The Balaban J connectivity index is 2.16. The molecule has 3 nitrogen and oxygen atoms in total. The van der Waals surface area contributed by atoms with Crippen molar-refractivity contribution in [1.82, 2.24) is 15.1 Å². The van der Waals surface area contributed by atoms with Gasteiger partial charge in [0, 0.05) is 24.7 Å². The highest BCUT2D eigenvalue weighted by Crippen LogP contribution is 2.28. The maximum Gasteiger partial charge on any atom is 0.0596 e. The molecule has 1 aromatic heterocycles. The van der Waals surface area contributed by atoms with Crippen LogP contribution in [0.2, 0.25) is 0 Å². The van der Waals surface area contributed by atoms with Gasteiger partial charge in [0.1, 0.15) is 0 Å². The van der Waals surface area contributed by atoms with Crippen LogP contribution < -0.4 is 5.32 Å². The van der Waals surface area contributed by atoms with Crippen molar-refractivity contribution < 1.29 is 0 Å². The van der Waals surface area contributed by atoms with Crippen LogP contribution in [0.5, 0.6) is 0 Å². The minimum Gasteiger partial charge on any atom is -0.311 e. The summed E-state index contributed by atoms with van der Waals surface area (Å²) in [4.78, 5) is 0. The quantitative estimate of drug-likeness (QED) is 0.889. The third kappa shape index (κ3) is 3.14. The molecule has 0 saturated carbocycles. The molecule has 18 heavy (non-hydrogen) atoms. The van der Waals surface area contributed by atoms with E-state index in [1.54, 1.807) is 0 Å². The average Bonchev–Trinajstić information content (AvgIpc) is 2.53. The third-order valence-electron chi connectivity index (χ3n) is 4.18. The summed E-state index contributed by atoms with van der Waals surface area (Å²) in [6.45, 7) is 5.55. The lowest BCUT2D eigenvalue weighted by Gasteiger charge is -2.34. The van der Waals surface area contributed by atoms with Crippen LogP contribution in [0, 0.1) is 6.92 Å². The monoisotopic (exact) mass is 249 g/mol. The van der Waals surface area contributed by atoms with Crippen LogP contribution in [0.15, 0.2) is 6.07 Å². The van der Waals surface area contributed by atoms with Gasteiger partial charge in [-0.2, -0.15) is 5.10 Å². The largest absolute Gasteiger partial charge is 0.311 e. The Morgan fingerprint density at radius 3 is 2.89 bits per heavy atom. The molecule has 0 bridgehead atoms. The summed E-state index contributed by atoms with van der Waals surface area (Å²) in [5.41, 5.74) is 2.81. The average molecular weight is 249 g/mol. The van der Waals surface area contributed by atoms with E-state index in [9.17, 15) is 0 Å². The van der Waals surface area contributed by atoms with Crippen LogP contribution in [0.25, 0.3) is 0 Å². The molecule has 0 spiro atoms. The number of nitrogens with one attached hydrogen (secondary N) is 1. The van der Waals surface area contributed by atoms with Gasteiger partial charge in [-0.05, 0) is 38.8 Å². The smallest absolute Gasteiger partial charge is 0.0596 e. The summed E-state index contributed by atoms with van der Waals surface area (Å²) in [5.74, 6) is 0. The second-order valence-corrected chi connectivity index (χ2v) is 5.85. The molecule has 2 rings (SSSR count). The molecule has 0 aromatic carbocycles. The Morgan fingerprint density at radius 1 is 1.39 bits per heavy atom. The fraction of sp³-hybridized carbons (Fsp3) is 0.800. The van der Waals surface area contributed by atoms with Gasteiger partial charge in [-0.1, -0.05) is 26.2 Å². The molecule has 102 valence electrons. The van der Waals surface area contributed by atoms with Crippen molar-refractivity contribution >= 4 is 0 Å². The summed E-state index contributed by atoms with van der Waals surface area (Å²) in [6, 6.07) is 2.24. The Bertz CT molecular complexity index is 373. The molecule has 0 aliphatic carbocycles. The molecular weight excluding hydrogens is 222 g/mol. The molecule has 0 radical (unpaired) electrons. The lowest BCUT2D eigenvalue weighted by atomic mass is 9.84. The topological polar surface area (TPSA) is 29.9 Å². The molecule has 3 heteroatoms. The highest BCUT2D eigenvalue weighted by molar-refractivity contribution is 5.13. The number of aromatic nitrogens is 2. The number of hydrogen-bond acceptors (Lipinski definition) is 2. The normalized spacial score (nSPS) is 25.1. The van der Waals surface area contributed by atoms with E-state index in [-0.39, 0.29) is 0 Å². The van der Waals surface area contributed by atoms with Gasteiger partial charge in [-0.25, -0.2) is 0 Å². The first kappa shape index (κ1) is 13.6. The molecular formula is C15H27N3. The zero-order valence-electron chi connectivity index (χ0n) is 12.1. The van der Waals surface area contributed by atoms with Crippen LogP contribution in [-0.2, 0) is 13.5 Å². The summed E-state index contributed by atoms with van der Waals surface area (Å²) in [5, 5.41) is 8.32. The van der Waals surface area contributed by atoms with Gasteiger partial charge >= 0.3 is 0 Å². The van der Waals surface area contributed by atoms with Gasteiger partial charge in [-0.15, -0.1) is 0 Å². The van der Waals surface area contributed by atoms with Gasteiger partial charge in [0.05, 0.1) is 5.69 Å². The minimum atomic E-state index is 0.311. The lowest BCUT2D eigenvalue weighted by Crippen LogP contribution is -2.46. The second-order valence-electron chi connectivity index (χ2n) is 5.85. The molecule has 1 fully saturated rings. The van der Waals surface area contributed by atoms with Gasteiger partial charge in [0.25, 0.3) is 0 Å². The van der Waals surface area contributed by atoms with Crippen molar-refractivity contribution in [3.05, 3.63) is 17.5 Å². The van der Waals surface area contributed by atoms with Crippen molar-refractivity contribution in [3.8, 4) is 0 Å². The fourth-order valence-electron chi connectivity index (χ4n) is 3.31. The zero-order chi connectivity index (χ0) is 13.0. The standard InChI is InChI=1S/C15H27N3/c1-4-8-15(9-6-5-7-10-16-15)12-14-11-13(2)17-18(14)3/h11,16H,4-10,12H2,1-3H3. The molecule has 1 atom stereocenters. The maximum atomic E-state index is 4.48. The molecule has 1 aliphatic heterocycles. The summed E-state index contributed by atoms with van der Waals surface area (Å²) < 4.78 is 2.05. The molecule has 2 heterocycles. The summed E-state index contributed by atoms with van der Waals surface area (Å²) in [7, 11) is 2.07. The molecule has 1 aromatic rings. The Kier molecular flexibility index (Phi) is 4.44. The van der Waals surface area contributed by atoms with E-state index in [4.69, 9.17) is 0 Å². The van der Waals surface area contributed by atoms with Crippen LogP contribution >= 0.6 is 0 Å². The molecule has 1 unspecified atom stereocenters. The first-order chi connectivity index (χ1) is 8.65. The number of rotatable bonds is 4. The van der Waals surface area contributed by atoms with Gasteiger partial charge < -0.3 is 5.32 Å². The van der Waals surface area contributed by atoms with Gasteiger partial charge in [-0.3, -0.25) is 4.68 Å². The summed E-state index contributed by atoms with van der Waals surface area (Å²) in [6.07, 6.45) is 9.03. The van der Waals surface area contributed by atoms with Gasteiger partial charge in [0.15, 0.2) is 0 Å². The highest BCUT2D eigenvalue weighted by atomic mass is 15.3. The van der Waals surface area contributed by atoms with Crippen LogP contribution in [-0.4, -0.2) is 21.9 Å². The van der Waals surface area contributed by atoms with E-state index >= 15 is 0 Å². The van der Waals surface area contributed by atoms with Crippen molar-refractivity contribution in [2.75, 3.05) is 6.54 Å². The van der Waals surface area contributed by atoms with Crippen LogP contribution in [0.1, 0.15) is 56.8 Å². The molecule has 1 saturated heterocycles. The predicted octanol–water partition coefficient (Wildman–Crippen LogP) is 2.97. The SMILES string of the molecule is CCCC1(Cc2cc(C)nn2C)CCCCCN1. The van der Waals surface area contributed by atoms with Gasteiger partial charge in [0.2, 0.25) is 0 Å². The van der Waals surface area contributed by atoms with E-state index in [0.717, 1.165) is 12.1 Å². The molecule has 1 aliphatic rings. The first-order valence-electron chi connectivity index (χ1n) is 7.40. The fourth-order valence-corrected chi connectivity index (χ4v) is 3.31. The van der Waals surface area contributed by atoms with Crippen LogP contribution in [0.3, 0.4) is 0 Å². The van der Waals surface area contributed by atoms with Crippen molar-refractivity contribution in [1.29, 1.82) is 0 Å². The number of nitrogens with zero attached hydrogens (tertiary/aromatic N) is 2. The van der Waals surface area contributed by atoms with E-state index in [1.165, 1.54) is 50.8 Å². The van der Waals surface area contributed by atoms with Crippen LogP contribution in [0.4, 0.5) is 0 Å². The van der Waals surface area contributed by atoms with E-state index in [0.29, 0.717) is 5.54 Å². The Morgan fingerprint density at radius 2 is 2.22 bits per heavy atom. The van der Waals surface area contributed by atoms with E-state index < -0.39 is 0 Å². The number of aryl methyl sites for hydroxylation is 2. The Hall–Kier alpha value is -0.830. The van der Waals surface area contributed by atoms with Crippen molar-refractivity contribution in [2.45, 2.75) is 64.3 Å². The van der Waals surface area contributed by atoms with E-state index in [2.05, 4.69) is 42.1 Å². The minimum absolute atomic E-state index is 0.311. The molecule has 1 N–H and O–H groups in total. The highest BCUT2D eigenvalue weighted by Gasteiger charge is 2.30. The third-order valence-corrected chi connectivity index (χ3v) is 4.18. The maximum absolute atomic E-state index is 4.48.